The molecule has 0 aliphatic heterocycles. The number of pyridine rings is 2. The summed E-state index contributed by atoms with van der Waals surface area (Å²) in [6, 6.07) is 14.1. The van der Waals surface area contributed by atoms with Crippen molar-refractivity contribution in [2.24, 2.45) is 0 Å². The number of carbonyl (C=O) groups is 1. The lowest BCUT2D eigenvalue weighted by molar-refractivity contribution is 0.0949. The fraction of sp³-hybridized carbons (Fsp3) is 0.185. The number of fused-ring (bicyclic) bond motifs is 1. The van der Waals surface area contributed by atoms with Gasteiger partial charge in [0.15, 0.2) is 11.6 Å². The van der Waals surface area contributed by atoms with Crippen LogP contribution in [0.25, 0.3) is 10.9 Å². The predicted octanol–water partition coefficient (Wildman–Crippen LogP) is 4.34. The molecule has 4 rings (SSSR count). The first kappa shape index (κ1) is 24.5. The van der Waals surface area contributed by atoms with E-state index in [0.29, 0.717) is 22.3 Å². The molecule has 0 radical (unpaired) electrons. The number of amides is 1. The quantitative estimate of drug-likeness (QED) is 0.404. The Hall–Kier alpha value is -4.58. The topological polar surface area (TPSA) is 99.8 Å². The molecular weight excluding hydrogens is 464 g/mol. The first-order chi connectivity index (χ1) is 17.3. The summed E-state index contributed by atoms with van der Waals surface area (Å²) < 4.78 is 28.0. The van der Waals surface area contributed by atoms with E-state index in [1.165, 1.54) is 29.1 Å². The summed E-state index contributed by atoms with van der Waals surface area (Å²) in [7, 11) is 0. The van der Waals surface area contributed by atoms with Crippen molar-refractivity contribution in [3.63, 3.8) is 0 Å². The molecule has 2 aromatic carbocycles. The third-order valence-electron chi connectivity index (χ3n) is 5.54. The maximum Gasteiger partial charge on any atom is 0.263 e. The number of halogens is 2. The van der Waals surface area contributed by atoms with Gasteiger partial charge in [0.1, 0.15) is 11.6 Å². The molecule has 2 N–H and O–H groups in total. The van der Waals surface area contributed by atoms with Gasteiger partial charge in [-0.2, -0.15) is 5.26 Å². The average molecular weight is 488 g/mol. The molecule has 2 aromatic heterocycles. The van der Waals surface area contributed by atoms with Gasteiger partial charge in [0.05, 0.1) is 23.3 Å². The summed E-state index contributed by atoms with van der Waals surface area (Å²) in [5, 5.41) is 16.3. The van der Waals surface area contributed by atoms with Crippen molar-refractivity contribution in [2.75, 3.05) is 5.32 Å². The third kappa shape index (κ3) is 5.23. The van der Waals surface area contributed by atoms with Gasteiger partial charge in [-0.05, 0) is 61.4 Å². The van der Waals surface area contributed by atoms with Gasteiger partial charge in [0.25, 0.3) is 11.5 Å². The van der Waals surface area contributed by atoms with Crippen molar-refractivity contribution < 1.29 is 13.6 Å². The van der Waals surface area contributed by atoms with Gasteiger partial charge in [0, 0.05) is 30.4 Å². The fourth-order valence-electron chi connectivity index (χ4n) is 3.83. The van der Waals surface area contributed by atoms with Gasteiger partial charge in [-0.25, -0.2) is 8.78 Å². The zero-order chi connectivity index (χ0) is 25.8. The van der Waals surface area contributed by atoms with E-state index in [9.17, 15) is 23.6 Å². The third-order valence-corrected chi connectivity index (χ3v) is 5.54. The van der Waals surface area contributed by atoms with Gasteiger partial charge in [-0.1, -0.05) is 12.1 Å². The molecule has 0 unspecified atom stereocenters. The van der Waals surface area contributed by atoms with Crippen LogP contribution < -0.4 is 16.2 Å². The summed E-state index contributed by atoms with van der Waals surface area (Å²) in [6.45, 7) is 4.07. The van der Waals surface area contributed by atoms with E-state index in [1.807, 2.05) is 26.0 Å². The number of nitriles is 1. The van der Waals surface area contributed by atoms with E-state index in [0.717, 1.165) is 23.1 Å². The summed E-state index contributed by atoms with van der Waals surface area (Å²) in [5.41, 5.74) is 2.33. The lowest BCUT2D eigenvalue weighted by atomic mass is 10.1. The fourth-order valence-corrected chi connectivity index (χ4v) is 3.83. The Morgan fingerprint density at radius 2 is 1.89 bits per heavy atom. The number of aromatic nitrogens is 2. The second-order valence-corrected chi connectivity index (χ2v) is 8.60. The van der Waals surface area contributed by atoms with Crippen LogP contribution in [-0.4, -0.2) is 21.5 Å². The first-order valence-electron chi connectivity index (χ1n) is 11.3. The molecule has 0 bridgehead atoms. The van der Waals surface area contributed by atoms with Crippen LogP contribution in [-0.2, 0) is 13.1 Å². The lowest BCUT2D eigenvalue weighted by Crippen LogP contribution is -2.32. The SMILES string of the molecule is CC(C)Nc1c(C#N)cnc2ccc(CNC(=O)c3cccn(Cc4ccc(F)c(F)c4)c3=O)cc12. The summed E-state index contributed by atoms with van der Waals surface area (Å²) in [4.78, 5) is 30.0. The molecule has 2 heterocycles. The molecule has 0 saturated carbocycles. The number of nitrogens with one attached hydrogen (secondary N) is 2. The monoisotopic (exact) mass is 487 g/mol. The Kier molecular flexibility index (Phi) is 7.06. The largest absolute Gasteiger partial charge is 0.381 e. The number of anilines is 1. The maximum absolute atomic E-state index is 13.5. The Labute approximate surface area is 206 Å². The number of nitrogens with zero attached hydrogens (tertiary/aromatic N) is 3. The minimum Gasteiger partial charge on any atom is -0.381 e. The van der Waals surface area contributed by atoms with E-state index >= 15 is 0 Å². The van der Waals surface area contributed by atoms with E-state index in [2.05, 4.69) is 21.7 Å². The normalized spacial score (nSPS) is 10.9. The van der Waals surface area contributed by atoms with Crippen molar-refractivity contribution in [3.8, 4) is 6.07 Å². The number of hydrogen-bond acceptors (Lipinski definition) is 5. The lowest BCUT2D eigenvalue weighted by Gasteiger charge is -2.15. The molecular formula is C27H23F2N5O2. The standard InChI is InChI=1S/C27H23F2N5O2/c1-16(2)33-25-19(12-30)14-31-24-8-6-17(10-21(24)25)13-32-26(35)20-4-3-9-34(27(20)36)15-18-5-7-22(28)23(29)11-18/h3-11,14,16H,13,15H2,1-2H3,(H,31,33)(H,32,35). The Balaban J connectivity index is 1.55. The van der Waals surface area contributed by atoms with Crippen molar-refractivity contribution in [1.82, 2.24) is 14.9 Å². The molecule has 0 aliphatic carbocycles. The Bertz CT molecular complexity index is 1560. The second-order valence-electron chi connectivity index (χ2n) is 8.60. The van der Waals surface area contributed by atoms with Crippen LogP contribution in [0.2, 0.25) is 0 Å². The summed E-state index contributed by atoms with van der Waals surface area (Å²) >= 11 is 0. The highest BCUT2D eigenvalue weighted by Gasteiger charge is 2.14. The van der Waals surface area contributed by atoms with E-state index < -0.39 is 23.1 Å². The first-order valence-corrected chi connectivity index (χ1v) is 11.3. The average Bonchev–Trinajstić information content (AvgIpc) is 2.86. The van der Waals surface area contributed by atoms with Crippen molar-refractivity contribution in [2.45, 2.75) is 33.0 Å². The highest BCUT2D eigenvalue weighted by Crippen LogP contribution is 2.27. The number of benzene rings is 2. The summed E-state index contributed by atoms with van der Waals surface area (Å²) in [6.07, 6.45) is 3.00. The summed E-state index contributed by atoms with van der Waals surface area (Å²) in [5.74, 6) is -2.54. The van der Waals surface area contributed by atoms with E-state index in [-0.39, 0.29) is 24.7 Å². The van der Waals surface area contributed by atoms with Crippen molar-refractivity contribution >= 4 is 22.5 Å². The van der Waals surface area contributed by atoms with Gasteiger partial charge in [0.2, 0.25) is 0 Å². The Morgan fingerprint density at radius 1 is 1.11 bits per heavy atom. The molecule has 182 valence electrons. The number of hydrogen-bond donors (Lipinski definition) is 2. The molecule has 36 heavy (non-hydrogen) atoms. The molecule has 0 atom stereocenters. The van der Waals surface area contributed by atoms with Crippen LogP contribution in [0.3, 0.4) is 0 Å². The molecule has 4 aromatic rings. The van der Waals surface area contributed by atoms with Gasteiger partial charge in [-0.15, -0.1) is 0 Å². The van der Waals surface area contributed by atoms with Crippen LogP contribution >= 0.6 is 0 Å². The molecule has 0 fully saturated rings. The van der Waals surface area contributed by atoms with Crippen LogP contribution in [0, 0.1) is 23.0 Å². The molecule has 0 aliphatic rings. The van der Waals surface area contributed by atoms with Crippen molar-refractivity contribution in [1.29, 1.82) is 5.26 Å². The van der Waals surface area contributed by atoms with Crippen LogP contribution in [0.1, 0.15) is 40.9 Å². The molecule has 0 spiro atoms. The predicted molar refractivity (Wildman–Crippen MR) is 133 cm³/mol. The van der Waals surface area contributed by atoms with Crippen LogP contribution in [0.4, 0.5) is 14.5 Å². The zero-order valence-electron chi connectivity index (χ0n) is 19.7. The maximum atomic E-state index is 13.5. The van der Waals surface area contributed by atoms with Crippen molar-refractivity contribution in [3.05, 3.63) is 105 Å². The Morgan fingerprint density at radius 3 is 2.61 bits per heavy atom. The van der Waals surface area contributed by atoms with Crippen LogP contribution in [0.5, 0.6) is 0 Å². The molecule has 9 heteroatoms. The van der Waals surface area contributed by atoms with Crippen LogP contribution in [0.15, 0.2) is 65.7 Å². The molecule has 7 nitrogen and oxygen atoms in total. The molecule has 1 amide bonds. The minimum absolute atomic E-state index is 0.0122. The minimum atomic E-state index is -1.01. The van der Waals surface area contributed by atoms with Gasteiger partial charge >= 0.3 is 0 Å². The highest BCUT2D eigenvalue weighted by atomic mass is 19.2. The smallest absolute Gasteiger partial charge is 0.263 e. The highest BCUT2D eigenvalue weighted by molar-refractivity contribution is 5.95. The molecule has 0 saturated heterocycles. The number of rotatable bonds is 7. The number of carbonyl (C=O) groups excluding carboxylic acids is 1. The van der Waals surface area contributed by atoms with E-state index in [1.54, 1.807) is 12.1 Å². The van der Waals surface area contributed by atoms with Gasteiger partial charge < -0.3 is 15.2 Å². The zero-order valence-corrected chi connectivity index (χ0v) is 19.7. The van der Waals surface area contributed by atoms with E-state index in [4.69, 9.17) is 0 Å². The van der Waals surface area contributed by atoms with Gasteiger partial charge in [-0.3, -0.25) is 14.6 Å². The second kappa shape index (κ2) is 10.4.